The van der Waals surface area contributed by atoms with Crippen LogP contribution in [0.3, 0.4) is 0 Å². The van der Waals surface area contributed by atoms with Crippen LogP contribution in [-0.4, -0.2) is 82.4 Å². The van der Waals surface area contributed by atoms with Crippen LogP contribution in [0.25, 0.3) is 0 Å². The Morgan fingerprint density at radius 3 is 2.86 bits per heavy atom. The number of likely N-dealkylation sites (N-methyl/N-ethyl adjacent to an activating group) is 1. The number of carbonyl (C=O) groups is 1. The fraction of sp³-hybridized carbons (Fsp3) is 0.700. The highest BCUT2D eigenvalue weighted by atomic mass is 16.6. The summed E-state index contributed by atoms with van der Waals surface area (Å²) in [7, 11) is 2.08. The van der Waals surface area contributed by atoms with Gasteiger partial charge in [-0.2, -0.15) is 0 Å². The Morgan fingerprint density at radius 1 is 1.24 bits per heavy atom. The van der Waals surface area contributed by atoms with Gasteiger partial charge in [0.25, 0.3) is 0 Å². The van der Waals surface area contributed by atoms with Crippen molar-refractivity contribution in [3.8, 4) is 0 Å². The van der Waals surface area contributed by atoms with Gasteiger partial charge in [0.05, 0.1) is 12.3 Å². The van der Waals surface area contributed by atoms with E-state index in [4.69, 9.17) is 4.74 Å². The van der Waals surface area contributed by atoms with Gasteiger partial charge >= 0.3 is 6.09 Å². The van der Waals surface area contributed by atoms with Crippen LogP contribution in [0, 0.1) is 5.92 Å². The third-order valence-electron chi connectivity index (χ3n) is 6.82. The largest absolute Gasteiger partial charge is 0.446 e. The minimum Gasteiger partial charge on any atom is -0.446 e. The summed E-state index contributed by atoms with van der Waals surface area (Å²) >= 11 is 0. The van der Waals surface area contributed by atoms with E-state index >= 15 is 0 Å². The van der Waals surface area contributed by atoms with Crippen molar-refractivity contribution < 1.29 is 9.53 Å². The molecule has 156 valence electrons. The zero-order valence-corrected chi connectivity index (χ0v) is 17.1. The summed E-state index contributed by atoms with van der Waals surface area (Å²) in [5, 5.41) is 12.2. The monoisotopic (exact) mass is 399 g/mol. The van der Waals surface area contributed by atoms with Crippen molar-refractivity contribution in [2.45, 2.75) is 50.4 Å². The lowest BCUT2D eigenvalue weighted by Crippen LogP contribution is -2.47. The molecule has 1 aromatic rings. The lowest BCUT2D eigenvalue weighted by molar-refractivity contribution is 0.0499. The summed E-state index contributed by atoms with van der Waals surface area (Å²) in [5.74, 6) is 2.48. The molecule has 9 heteroatoms. The highest BCUT2D eigenvalue weighted by Gasteiger charge is 2.42. The molecular formula is C20H29N7O2. The van der Waals surface area contributed by atoms with Crippen molar-refractivity contribution in [3.63, 3.8) is 0 Å². The van der Waals surface area contributed by atoms with E-state index in [1.807, 2.05) is 11.1 Å². The van der Waals surface area contributed by atoms with E-state index in [0.29, 0.717) is 5.92 Å². The molecule has 3 aliphatic heterocycles. The fourth-order valence-electron chi connectivity index (χ4n) is 5.07. The van der Waals surface area contributed by atoms with Gasteiger partial charge in [0.15, 0.2) is 5.82 Å². The van der Waals surface area contributed by atoms with Crippen molar-refractivity contribution >= 4 is 12.3 Å². The number of amides is 1. The predicted molar refractivity (Wildman–Crippen MR) is 108 cm³/mol. The number of aliphatic imine (C=N–C) groups is 1. The van der Waals surface area contributed by atoms with Crippen LogP contribution in [0.5, 0.6) is 0 Å². The molecule has 1 amide bonds. The van der Waals surface area contributed by atoms with Gasteiger partial charge in [0.2, 0.25) is 0 Å². The number of nitrogens with zero attached hydrogens (tertiary/aromatic N) is 6. The second kappa shape index (κ2) is 7.44. The van der Waals surface area contributed by atoms with Crippen LogP contribution >= 0.6 is 0 Å². The van der Waals surface area contributed by atoms with Gasteiger partial charge < -0.3 is 19.9 Å². The van der Waals surface area contributed by atoms with Crippen LogP contribution in [-0.2, 0) is 4.74 Å². The highest BCUT2D eigenvalue weighted by Crippen LogP contribution is 2.44. The van der Waals surface area contributed by atoms with Crippen LogP contribution in [0.4, 0.5) is 4.79 Å². The maximum absolute atomic E-state index is 12.6. The quantitative estimate of drug-likeness (QED) is 0.826. The summed E-state index contributed by atoms with van der Waals surface area (Å²) in [5.41, 5.74) is 0. The number of rotatable bonds is 3. The van der Waals surface area contributed by atoms with Crippen molar-refractivity contribution in [2.24, 2.45) is 10.9 Å². The number of fused-ring (bicyclic) bond motifs is 3. The lowest BCUT2D eigenvalue weighted by atomic mass is 9.92. The molecule has 0 bridgehead atoms. The number of hydrogen-bond acceptors (Lipinski definition) is 7. The molecule has 0 radical (unpaired) electrons. The van der Waals surface area contributed by atoms with Gasteiger partial charge in [-0.25, -0.2) is 4.79 Å². The van der Waals surface area contributed by atoms with E-state index < -0.39 is 0 Å². The summed E-state index contributed by atoms with van der Waals surface area (Å²) in [6.45, 7) is 5.48. The third kappa shape index (κ3) is 3.31. The molecule has 1 saturated carbocycles. The Morgan fingerprint density at radius 2 is 2.07 bits per heavy atom. The molecule has 1 saturated heterocycles. The molecule has 5 rings (SSSR count). The number of ether oxygens (including phenoxy) is 1. The normalized spacial score (nSPS) is 33.4. The number of carbonyl (C=O) groups excluding carboxylic acids is 1. The van der Waals surface area contributed by atoms with Crippen molar-refractivity contribution in [1.29, 1.82) is 0 Å². The maximum Gasteiger partial charge on any atom is 0.410 e. The molecule has 9 nitrogen and oxygen atoms in total. The van der Waals surface area contributed by atoms with E-state index in [2.05, 4.69) is 50.0 Å². The summed E-state index contributed by atoms with van der Waals surface area (Å²) in [6, 6.07) is 0.115. The molecule has 1 N–H and O–H groups in total. The van der Waals surface area contributed by atoms with E-state index in [1.165, 1.54) is 0 Å². The van der Waals surface area contributed by atoms with Gasteiger partial charge in [-0.15, -0.1) is 10.2 Å². The Hall–Kier alpha value is -2.42. The standard InChI is InChI=1S/C20H29N7O2/c1-3-13-10-14(29-20(28)26-8-6-25(2)7-9-26)11-15(13)19-24-23-17-12-22-18-16(27(17)19)4-5-21-18/h4-5,12-16,18,21H,3,6-11H2,1-2H3/t13-,14+,15+,16?,18?/m1/s1. The van der Waals surface area contributed by atoms with Crippen molar-refractivity contribution in [2.75, 3.05) is 33.2 Å². The van der Waals surface area contributed by atoms with E-state index in [0.717, 1.165) is 57.1 Å². The Balaban J connectivity index is 1.31. The first-order valence-corrected chi connectivity index (χ1v) is 10.7. The average Bonchev–Trinajstić information content (AvgIpc) is 3.44. The zero-order valence-electron chi connectivity index (χ0n) is 17.1. The molecule has 5 atom stereocenters. The first kappa shape index (κ1) is 18.6. The van der Waals surface area contributed by atoms with E-state index in [1.54, 1.807) is 6.21 Å². The molecule has 4 heterocycles. The second-order valence-electron chi connectivity index (χ2n) is 8.57. The number of nitrogens with one attached hydrogen (secondary N) is 1. The summed E-state index contributed by atoms with van der Waals surface area (Å²) in [6.07, 6.45) is 8.40. The molecule has 2 unspecified atom stereocenters. The minimum atomic E-state index is -0.169. The van der Waals surface area contributed by atoms with E-state index in [9.17, 15) is 4.79 Å². The minimum absolute atomic E-state index is 0.0181. The first-order valence-electron chi connectivity index (χ1n) is 10.7. The van der Waals surface area contributed by atoms with Crippen LogP contribution < -0.4 is 5.32 Å². The number of hydrogen-bond donors (Lipinski definition) is 1. The molecule has 0 aromatic carbocycles. The molecule has 29 heavy (non-hydrogen) atoms. The Kier molecular flexibility index (Phi) is 4.77. The number of aromatic nitrogens is 3. The number of piperazine rings is 1. The van der Waals surface area contributed by atoms with Crippen molar-refractivity contribution in [1.82, 2.24) is 29.9 Å². The van der Waals surface area contributed by atoms with Crippen LogP contribution in [0.2, 0.25) is 0 Å². The van der Waals surface area contributed by atoms with Gasteiger partial charge in [-0.3, -0.25) is 9.56 Å². The van der Waals surface area contributed by atoms with E-state index in [-0.39, 0.29) is 30.3 Å². The molecule has 1 aromatic heterocycles. The maximum atomic E-state index is 12.6. The topological polar surface area (TPSA) is 87.9 Å². The SMILES string of the molecule is CC[C@@H]1C[C@H](OC(=O)N2CCN(C)CC2)C[C@@H]1c1nnc2n1C1C=CNC1N=C2. The Labute approximate surface area is 170 Å². The smallest absolute Gasteiger partial charge is 0.410 e. The molecular weight excluding hydrogens is 370 g/mol. The second-order valence-corrected chi connectivity index (χ2v) is 8.57. The Bertz CT molecular complexity index is 827. The summed E-state index contributed by atoms with van der Waals surface area (Å²) in [4.78, 5) is 21.2. The lowest BCUT2D eigenvalue weighted by Gasteiger charge is -2.32. The third-order valence-corrected chi connectivity index (χ3v) is 6.82. The van der Waals surface area contributed by atoms with Gasteiger partial charge in [-0.05, 0) is 38.1 Å². The fourth-order valence-corrected chi connectivity index (χ4v) is 5.07. The van der Waals surface area contributed by atoms with Gasteiger partial charge in [-0.1, -0.05) is 13.3 Å². The molecule has 2 fully saturated rings. The van der Waals surface area contributed by atoms with Crippen LogP contribution in [0.1, 0.15) is 49.8 Å². The average molecular weight is 399 g/mol. The molecule has 1 aliphatic carbocycles. The van der Waals surface area contributed by atoms with Gasteiger partial charge in [0, 0.05) is 32.1 Å². The van der Waals surface area contributed by atoms with Gasteiger partial charge in [0.1, 0.15) is 18.1 Å². The first-order chi connectivity index (χ1) is 14.1. The van der Waals surface area contributed by atoms with Crippen molar-refractivity contribution in [3.05, 3.63) is 23.9 Å². The highest BCUT2D eigenvalue weighted by molar-refractivity contribution is 5.76. The molecule has 4 aliphatic rings. The predicted octanol–water partition coefficient (Wildman–Crippen LogP) is 1.35. The van der Waals surface area contributed by atoms with Crippen LogP contribution in [0.15, 0.2) is 17.3 Å². The zero-order chi connectivity index (χ0) is 20.0. The summed E-state index contributed by atoms with van der Waals surface area (Å²) < 4.78 is 8.15. The molecule has 0 spiro atoms.